The second-order valence-electron chi connectivity index (χ2n) is 1.97. The maximum Gasteiger partial charge on any atom is 0.397 e. The molecule has 0 saturated heterocycles. The molecule has 0 amide bonds. The Morgan fingerprint density at radius 2 is 2.08 bits per heavy atom. The molecular formula is C6H12O5S. The summed E-state index contributed by atoms with van der Waals surface area (Å²) in [6, 6.07) is 0. The minimum atomic E-state index is -4.29. The highest BCUT2D eigenvalue weighted by atomic mass is 32.3. The second-order valence-corrected chi connectivity index (χ2v) is 3.06. The third-order valence-electron chi connectivity index (χ3n) is 0.901. The molecule has 0 rings (SSSR count). The summed E-state index contributed by atoms with van der Waals surface area (Å²) in [5, 5.41) is 0. The quantitative estimate of drug-likeness (QED) is 0.362. The monoisotopic (exact) mass is 196 g/mol. The molecule has 0 atom stereocenters. The Balaban J connectivity index is 3.17. The lowest BCUT2D eigenvalue weighted by Gasteiger charge is -2.00. The highest BCUT2D eigenvalue weighted by molar-refractivity contribution is 7.80. The SMILES string of the molecule is C=CCOCCCOS(=O)(=O)O. The molecule has 5 nitrogen and oxygen atoms in total. The fraction of sp³-hybridized carbons (Fsp3) is 0.667. The summed E-state index contributed by atoms with van der Waals surface area (Å²) in [6.45, 7) is 4.15. The summed E-state index contributed by atoms with van der Waals surface area (Å²) in [7, 11) is -4.29. The van der Waals surface area contributed by atoms with Crippen LogP contribution in [0.5, 0.6) is 0 Å². The van der Waals surface area contributed by atoms with Gasteiger partial charge >= 0.3 is 10.4 Å². The van der Waals surface area contributed by atoms with Gasteiger partial charge in [-0.05, 0) is 6.42 Å². The lowest BCUT2D eigenvalue weighted by atomic mass is 10.5. The van der Waals surface area contributed by atoms with E-state index in [0.29, 0.717) is 19.6 Å². The number of hydrogen-bond donors (Lipinski definition) is 1. The van der Waals surface area contributed by atoms with Gasteiger partial charge in [0.15, 0.2) is 0 Å². The van der Waals surface area contributed by atoms with E-state index in [1.54, 1.807) is 6.08 Å². The Morgan fingerprint density at radius 1 is 1.42 bits per heavy atom. The van der Waals surface area contributed by atoms with E-state index in [1.807, 2.05) is 0 Å². The van der Waals surface area contributed by atoms with Gasteiger partial charge in [0, 0.05) is 6.61 Å². The van der Waals surface area contributed by atoms with Gasteiger partial charge in [-0.15, -0.1) is 6.58 Å². The third-order valence-corrected chi connectivity index (χ3v) is 1.37. The van der Waals surface area contributed by atoms with Crippen molar-refractivity contribution >= 4 is 10.4 Å². The van der Waals surface area contributed by atoms with Gasteiger partial charge in [0.2, 0.25) is 0 Å². The largest absolute Gasteiger partial charge is 0.397 e. The molecular weight excluding hydrogens is 184 g/mol. The fourth-order valence-corrected chi connectivity index (χ4v) is 0.820. The van der Waals surface area contributed by atoms with Crippen LogP contribution in [0.4, 0.5) is 0 Å². The van der Waals surface area contributed by atoms with Crippen molar-refractivity contribution in [2.45, 2.75) is 6.42 Å². The van der Waals surface area contributed by atoms with Crippen LogP contribution in [0, 0.1) is 0 Å². The molecule has 0 spiro atoms. The minimum absolute atomic E-state index is 0.0734. The summed E-state index contributed by atoms with van der Waals surface area (Å²) in [6.07, 6.45) is 2.00. The average molecular weight is 196 g/mol. The van der Waals surface area contributed by atoms with Crippen LogP contribution < -0.4 is 0 Å². The fourth-order valence-electron chi connectivity index (χ4n) is 0.492. The zero-order valence-corrected chi connectivity index (χ0v) is 7.42. The molecule has 1 N–H and O–H groups in total. The van der Waals surface area contributed by atoms with Gasteiger partial charge in [0.25, 0.3) is 0 Å². The number of hydrogen-bond acceptors (Lipinski definition) is 4. The second kappa shape index (κ2) is 6.13. The molecule has 0 aromatic rings. The molecule has 12 heavy (non-hydrogen) atoms. The van der Waals surface area contributed by atoms with E-state index in [0.717, 1.165) is 0 Å². The average Bonchev–Trinajstić information content (AvgIpc) is 1.94. The van der Waals surface area contributed by atoms with Crippen LogP contribution in [0.2, 0.25) is 0 Å². The zero-order chi connectivity index (χ0) is 9.45. The predicted molar refractivity (Wildman–Crippen MR) is 43.1 cm³/mol. The molecule has 0 aliphatic heterocycles. The maximum atomic E-state index is 10.00. The number of rotatable bonds is 7. The van der Waals surface area contributed by atoms with E-state index >= 15 is 0 Å². The Bertz CT molecular complexity index is 208. The van der Waals surface area contributed by atoms with Gasteiger partial charge in [0.05, 0.1) is 13.2 Å². The van der Waals surface area contributed by atoms with Gasteiger partial charge in [-0.25, -0.2) is 4.18 Å². The molecule has 0 aromatic heterocycles. The van der Waals surface area contributed by atoms with E-state index in [4.69, 9.17) is 9.29 Å². The molecule has 0 heterocycles. The molecule has 0 fully saturated rings. The van der Waals surface area contributed by atoms with E-state index in [-0.39, 0.29) is 6.61 Å². The van der Waals surface area contributed by atoms with Gasteiger partial charge in [-0.2, -0.15) is 8.42 Å². The lowest BCUT2D eigenvalue weighted by molar-refractivity contribution is 0.141. The standard InChI is InChI=1S/C6H12O5S/c1-2-4-10-5-3-6-11-12(7,8)9/h2H,1,3-6H2,(H,7,8,9). The first-order valence-corrected chi connectivity index (χ1v) is 4.73. The molecule has 0 bridgehead atoms. The maximum absolute atomic E-state index is 10.00. The van der Waals surface area contributed by atoms with E-state index in [2.05, 4.69) is 10.8 Å². The van der Waals surface area contributed by atoms with Crippen molar-refractivity contribution < 1.29 is 21.9 Å². The van der Waals surface area contributed by atoms with Crippen LogP contribution in [0.15, 0.2) is 12.7 Å². The van der Waals surface area contributed by atoms with Crippen LogP contribution in [0.1, 0.15) is 6.42 Å². The normalized spacial score (nSPS) is 11.4. The zero-order valence-electron chi connectivity index (χ0n) is 6.60. The van der Waals surface area contributed by atoms with Crippen molar-refractivity contribution in [1.82, 2.24) is 0 Å². The van der Waals surface area contributed by atoms with E-state index in [1.165, 1.54) is 0 Å². The molecule has 72 valence electrons. The van der Waals surface area contributed by atoms with Gasteiger partial charge in [-0.3, -0.25) is 4.55 Å². The van der Waals surface area contributed by atoms with Gasteiger partial charge in [0.1, 0.15) is 0 Å². The summed E-state index contributed by atoms with van der Waals surface area (Å²) < 4.78 is 37.1. The van der Waals surface area contributed by atoms with Crippen molar-refractivity contribution in [2.24, 2.45) is 0 Å². The molecule has 0 unspecified atom stereocenters. The van der Waals surface area contributed by atoms with Crippen molar-refractivity contribution in [3.63, 3.8) is 0 Å². The smallest absolute Gasteiger partial charge is 0.377 e. The highest BCUT2D eigenvalue weighted by Gasteiger charge is 2.02. The lowest BCUT2D eigenvalue weighted by Crippen LogP contribution is -2.07. The van der Waals surface area contributed by atoms with Crippen molar-refractivity contribution in [1.29, 1.82) is 0 Å². The van der Waals surface area contributed by atoms with Crippen LogP contribution in [-0.4, -0.2) is 32.8 Å². The summed E-state index contributed by atoms with van der Waals surface area (Å²) in [4.78, 5) is 0. The Labute approximate surface area is 71.9 Å². The molecule has 6 heteroatoms. The minimum Gasteiger partial charge on any atom is -0.377 e. The predicted octanol–water partition coefficient (Wildman–Crippen LogP) is 0.399. The highest BCUT2D eigenvalue weighted by Crippen LogP contribution is 1.90. The van der Waals surface area contributed by atoms with Crippen molar-refractivity contribution in [3.05, 3.63) is 12.7 Å². The van der Waals surface area contributed by atoms with E-state index < -0.39 is 10.4 Å². The topological polar surface area (TPSA) is 72.8 Å². The summed E-state index contributed by atoms with van der Waals surface area (Å²) >= 11 is 0. The Hall–Kier alpha value is -0.430. The van der Waals surface area contributed by atoms with Crippen LogP contribution >= 0.6 is 0 Å². The first-order chi connectivity index (χ1) is 5.56. The van der Waals surface area contributed by atoms with Crippen LogP contribution in [0.3, 0.4) is 0 Å². The van der Waals surface area contributed by atoms with E-state index in [9.17, 15) is 8.42 Å². The molecule has 0 saturated carbocycles. The number of ether oxygens (including phenoxy) is 1. The summed E-state index contributed by atoms with van der Waals surface area (Å²) in [5.74, 6) is 0. The van der Waals surface area contributed by atoms with Crippen molar-refractivity contribution in [2.75, 3.05) is 19.8 Å². The van der Waals surface area contributed by atoms with Crippen LogP contribution in [0.25, 0.3) is 0 Å². The third kappa shape index (κ3) is 9.57. The summed E-state index contributed by atoms with van der Waals surface area (Å²) in [5.41, 5.74) is 0. The molecule has 0 aliphatic carbocycles. The Morgan fingerprint density at radius 3 is 2.58 bits per heavy atom. The molecule has 0 aromatic carbocycles. The van der Waals surface area contributed by atoms with Gasteiger partial charge in [-0.1, -0.05) is 6.08 Å². The van der Waals surface area contributed by atoms with Crippen LogP contribution in [-0.2, 0) is 19.3 Å². The molecule has 0 radical (unpaired) electrons. The Kier molecular flexibility index (Phi) is 5.91. The van der Waals surface area contributed by atoms with Gasteiger partial charge < -0.3 is 4.74 Å². The first kappa shape index (κ1) is 11.6. The van der Waals surface area contributed by atoms with Crippen molar-refractivity contribution in [3.8, 4) is 0 Å². The molecule has 0 aliphatic rings. The first-order valence-electron chi connectivity index (χ1n) is 3.37.